The fraction of sp³-hybridized carbons (Fsp3) is 0.250. The van der Waals surface area contributed by atoms with Crippen molar-refractivity contribution < 1.29 is 17.9 Å². The molecule has 2 rings (SSSR count). The minimum Gasteiger partial charge on any atom is -0.493 e. The Labute approximate surface area is 130 Å². The zero-order valence-electron chi connectivity index (χ0n) is 12.8. The van der Waals surface area contributed by atoms with Gasteiger partial charge in [-0.1, -0.05) is 19.1 Å². The summed E-state index contributed by atoms with van der Waals surface area (Å²) in [7, 11) is -0.605. The summed E-state index contributed by atoms with van der Waals surface area (Å²) in [5, 5.41) is 0. The fourth-order valence-corrected chi connectivity index (χ4v) is 3.07. The summed E-state index contributed by atoms with van der Waals surface area (Å²) in [6, 6.07) is 11.7. The number of methoxy groups -OCH3 is 2. The van der Waals surface area contributed by atoms with E-state index in [0.717, 1.165) is 12.0 Å². The molecule has 0 saturated heterocycles. The first-order chi connectivity index (χ1) is 10.5. The standard InChI is InChI=1S/C16H19NO4S/c1-4-12-5-8-14(9-6-12)22(18,19)17-13-7-10-15(20-2)16(11-13)21-3/h5-11,17H,4H2,1-3H3. The summed E-state index contributed by atoms with van der Waals surface area (Å²) in [6.45, 7) is 2.02. The van der Waals surface area contributed by atoms with Crippen LogP contribution in [0.15, 0.2) is 47.4 Å². The van der Waals surface area contributed by atoms with E-state index in [-0.39, 0.29) is 4.90 Å². The second-order valence-electron chi connectivity index (χ2n) is 4.67. The Balaban J connectivity index is 2.27. The molecule has 0 unspecified atom stereocenters. The molecule has 0 bridgehead atoms. The molecule has 0 radical (unpaired) electrons. The third-order valence-electron chi connectivity index (χ3n) is 3.28. The van der Waals surface area contributed by atoms with E-state index >= 15 is 0 Å². The van der Waals surface area contributed by atoms with Crippen molar-refractivity contribution in [2.24, 2.45) is 0 Å². The Morgan fingerprint density at radius 1 is 0.955 bits per heavy atom. The molecule has 0 heterocycles. The summed E-state index contributed by atoms with van der Waals surface area (Å²) in [4.78, 5) is 0.222. The number of nitrogens with one attached hydrogen (secondary N) is 1. The minimum absolute atomic E-state index is 0.222. The highest BCUT2D eigenvalue weighted by Crippen LogP contribution is 2.30. The lowest BCUT2D eigenvalue weighted by molar-refractivity contribution is 0.355. The van der Waals surface area contributed by atoms with Crippen LogP contribution in [-0.2, 0) is 16.4 Å². The molecule has 1 N–H and O–H groups in total. The number of sulfonamides is 1. The van der Waals surface area contributed by atoms with Gasteiger partial charge in [0, 0.05) is 6.07 Å². The van der Waals surface area contributed by atoms with Crippen LogP contribution in [0.2, 0.25) is 0 Å². The second-order valence-corrected chi connectivity index (χ2v) is 6.36. The molecule has 0 aliphatic heterocycles. The summed E-state index contributed by atoms with van der Waals surface area (Å²) in [5.74, 6) is 1.00. The molecule has 0 saturated carbocycles. The van der Waals surface area contributed by atoms with Gasteiger partial charge < -0.3 is 9.47 Å². The van der Waals surface area contributed by atoms with Crippen molar-refractivity contribution in [3.05, 3.63) is 48.0 Å². The van der Waals surface area contributed by atoms with Gasteiger partial charge in [-0.25, -0.2) is 8.42 Å². The quantitative estimate of drug-likeness (QED) is 0.888. The first-order valence-corrected chi connectivity index (χ1v) is 8.32. The highest BCUT2D eigenvalue weighted by atomic mass is 32.2. The second kappa shape index (κ2) is 6.70. The number of hydrogen-bond acceptors (Lipinski definition) is 4. The smallest absolute Gasteiger partial charge is 0.261 e. The van der Waals surface area contributed by atoms with Gasteiger partial charge in [-0.3, -0.25) is 4.72 Å². The molecule has 118 valence electrons. The van der Waals surface area contributed by atoms with Crippen molar-refractivity contribution in [1.82, 2.24) is 0 Å². The largest absolute Gasteiger partial charge is 0.493 e. The Bertz CT molecular complexity index is 739. The summed E-state index contributed by atoms with van der Waals surface area (Å²) in [6.07, 6.45) is 0.865. The van der Waals surface area contributed by atoms with Crippen molar-refractivity contribution >= 4 is 15.7 Å². The van der Waals surface area contributed by atoms with Gasteiger partial charge in [0.2, 0.25) is 0 Å². The monoisotopic (exact) mass is 321 g/mol. The van der Waals surface area contributed by atoms with Crippen LogP contribution in [0.3, 0.4) is 0 Å². The lowest BCUT2D eigenvalue weighted by Crippen LogP contribution is -2.13. The van der Waals surface area contributed by atoms with Crippen LogP contribution in [0.5, 0.6) is 11.5 Å². The third-order valence-corrected chi connectivity index (χ3v) is 4.67. The van der Waals surface area contributed by atoms with Crippen LogP contribution >= 0.6 is 0 Å². The Kier molecular flexibility index (Phi) is 4.92. The van der Waals surface area contributed by atoms with Crippen LogP contribution in [0.4, 0.5) is 5.69 Å². The number of hydrogen-bond donors (Lipinski definition) is 1. The molecule has 0 aromatic heterocycles. The molecule has 0 spiro atoms. The van der Waals surface area contributed by atoms with E-state index in [9.17, 15) is 8.42 Å². The van der Waals surface area contributed by atoms with Crippen LogP contribution in [-0.4, -0.2) is 22.6 Å². The van der Waals surface area contributed by atoms with Gasteiger partial charge in [-0.2, -0.15) is 0 Å². The number of rotatable bonds is 6. The highest BCUT2D eigenvalue weighted by Gasteiger charge is 2.15. The lowest BCUT2D eigenvalue weighted by Gasteiger charge is -2.12. The van der Waals surface area contributed by atoms with Crippen LogP contribution in [0.1, 0.15) is 12.5 Å². The molecular weight excluding hydrogens is 302 g/mol. The first-order valence-electron chi connectivity index (χ1n) is 6.84. The molecule has 0 aliphatic rings. The van der Waals surface area contributed by atoms with Gasteiger partial charge in [0.15, 0.2) is 11.5 Å². The maximum atomic E-state index is 12.4. The van der Waals surface area contributed by atoms with Crippen molar-refractivity contribution in [2.75, 3.05) is 18.9 Å². The molecule has 0 atom stereocenters. The van der Waals surface area contributed by atoms with E-state index < -0.39 is 10.0 Å². The van der Waals surface area contributed by atoms with Crippen LogP contribution in [0, 0.1) is 0 Å². The van der Waals surface area contributed by atoms with E-state index in [1.807, 2.05) is 19.1 Å². The maximum absolute atomic E-state index is 12.4. The van der Waals surface area contributed by atoms with E-state index in [1.165, 1.54) is 14.2 Å². The lowest BCUT2D eigenvalue weighted by atomic mass is 10.2. The van der Waals surface area contributed by atoms with Crippen LogP contribution < -0.4 is 14.2 Å². The normalized spacial score (nSPS) is 11.0. The molecule has 5 nitrogen and oxygen atoms in total. The molecule has 2 aromatic carbocycles. The van der Waals surface area contributed by atoms with Gasteiger partial charge in [0.25, 0.3) is 10.0 Å². The van der Waals surface area contributed by atoms with Crippen molar-refractivity contribution in [3.63, 3.8) is 0 Å². The first kappa shape index (κ1) is 16.2. The number of ether oxygens (including phenoxy) is 2. The fourth-order valence-electron chi connectivity index (χ4n) is 2.02. The predicted molar refractivity (Wildman–Crippen MR) is 86.2 cm³/mol. The predicted octanol–water partition coefficient (Wildman–Crippen LogP) is 3.07. The topological polar surface area (TPSA) is 64.6 Å². The maximum Gasteiger partial charge on any atom is 0.261 e. The summed E-state index contributed by atoms with van der Waals surface area (Å²) >= 11 is 0. The Morgan fingerprint density at radius 2 is 1.59 bits per heavy atom. The molecule has 0 aliphatic carbocycles. The third kappa shape index (κ3) is 3.51. The summed E-state index contributed by atoms with van der Waals surface area (Å²) in [5.41, 5.74) is 1.50. The molecule has 2 aromatic rings. The average molecular weight is 321 g/mol. The highest BCUT2D eigenvalue weighted by molar-refractivity contribution is 7.92. The van der Waals surface area contributed by atoms with Crippen molar-refractivity contribution in [2.45, 2.75) is 18.2 Å². The average Bonchev–Trinajstić information content (AvgIpc) is 2.54. The van der Waals surface area contributed by atoms with E-state index in [4.69, 9.17) is 9.47 Å². The molecule has 0 amide bonds. The molecule has 0 fully saturated rings. The van der Waals surface area contributed by atoms with E-state index in [1.54, 1.807) is 30.3 Å². The Hall–Kier alpha value is -2.21. The van der Waals surface area contributed by atoms with Gasteiger partial charge in [-0.05, 0) is 36.2 Å². The van der Waals surface area contributed by atoms with E-state index in [2.05, 4.69) is 4.72 Å². The zero-order chi connectivity index (χ0) is 16.2. The van der Waals surface area contributed by atoms with Crippen LogP contribution in [0.25, 0.3) is 0 Å². The van der Waals surface area contributed by atoms with Gasteiger partial charge in [0.05, 0.1) is 24.8 Å². The molecule has 22 heavy (non-hydrogen) atoms. The molecule has 6 heteroatoms. The van der Waals surface area contributed by atoms with Gasteiger partial charge in [-0.15, -0.1) is 0 Å². The summed E-state index contributed by atoms with van der Waals surface area (Å²) < 4.78 is 37.6. The number of benzene rings is 2. The SMILES string of the molecule is CCc1ccc(S(=O)(=O)Nc2ccc(OC)c(OC)c2)cc1. The van der Waals surface area contributed by atoms with Crippen molar-refractivity contribution in [3.8, 4) is 11.5 Å². The van der Waals surface area contributed by atoms with E-state index in [0.29, 0.717) is 17.2 Å². The van der Waals surface area contributed by atoms with Gasteiger partial charge in [0.1, 0.15) is 0 Å². The Morgan fingerprint density at radius 3 is 2.14 bits per heavy atom. The zero-order valence-corrected chi connectivity index (χ0v) is 13.6. The number of anilines is 1. The van der Waals surface area contributed by atoms with Gasteiger partial charge >= 0.3 is 0 Å². The minimum atomic E-state index is -3.63. The van der Waals surface area contributed by atoms with Crippen molar-refractivity contribution in [1.29, 1.82) is 0 Å². The number of aryl methyl sites for hydroxylation is 1. The molecular formula is C16H19NO4S.